The van der Waals surface area contributed by atoms with Crippen molar-refractivity contribution in [1.82, 2.24) is 14.9 Å². The van der Waals surface area contributed by atoms with E-state index in [9.17, 15) is 14.4 Å². The Bertz CT molecular complexity index is 1320. The molecule has 1 fully saturated rings. The Morgan fingerprint density at radius 1 is 1.11 bits per heavy atom. The van der Waals surface area contributed by atoms with Crippen molar-refractivity contribution in [3.05, 3.63) is 80.6 Å². The van der Waals surface area contributed by atoms with Crippen LogP contribution in [-0.4, -0.2) is 46.5 Å². The van der Waals surface area contributed by atoms with Gasteiger partial charge in [0.15, 0.2) is 0 Å². The number of aromatic nitrogens is 2. The van der Waals surface area contributed by atoms with Crippen LogP contribution >= 0.6 is 0 Å². The molecule has 9 heteroatoms. The van der Waals surface area contributed by atoms with Gasteiger partial charge >= 0.3 is 5.69 Å². The highest BCUT2D eigenvalue weighted by Crippen LogP contribution is 2.31. The van der Waals surface area contributed by atoms with Crippen molar-refractivity contribution >= 4 is 16.7 Å². The highest BCUT2D eigenvalue weighted by atomic mass is 16.6. The maximum atomic E-state index is 13.0. The third-order valence-corrected chi connectivity index (χ3v) is 6.06. The molecular formula is C27H33N3O6. The normalized spacial score (nSPS) is 19.9. The lowest BCUT2D eigenvalue weighted by Crippen LogP contribution is -2.38. The van der Waals surface area contributed by atoms with E-state index in [1.54, 1.807) is 0 Å². The van der Waals surface area contributed by atoms with E-state index in [1.807, 2.05) is 70.2 Å². The fourth-order valence-corrected chi connectivity index (χ4v) is 4.38. The number of ether oxygens (including phenoxy) is 3. The van der Waals surface area contributed by atoms with Crippen LogP contribution in [0.4, 0.5) is 0 Å². The topological polar surface area (TPSA) is 112 Å². The highest BCUT2D eigenvalue weighted by molar-refractivity contribution is 5.94. The van der Waals surface area contributed by atoms with E-state index in [0.29, 0.717) is 13.0 Å². The van der Waals surface area contributed by atoms with Crippen LogP contribution in [0.5, 0.6) is 0 Å². The number of carbonyl (C=O) groups excluding carboxylic acids is 1. The molecule has 0 saturated carbocycles. The summed E-state index contributed by atoms with van der Waals surface area (Å²) in [5.74, 6) is -0.578. The number of amides is 1. The standard InChI is InChI=1S/C27H33N3O6/c1-16(2)34-15-23-22(35-17(3)4)12-24(36-23)30-14-21(26(32)29-27(30)33)25(31)28-13-19-10-7-9-18-8-5-6-11-20(18)19/h5-11,14,16-17,22-24H,12-13,15H2,1-4H3,(H,28,31)(H,29,32,33). The maximum absolute atomic E-state index is 13.0. The minimum absolute atomic E-state index is 0.0141. The first kappa shape index (κ1) is 25.8. The minimum Gasteiger partial charge on any atom is -0.376 e. The van der Waals surface area contributed by atoms with E-state index in [4.69, 9.17) is 14.2 Å². The van der Waals surface area contributed by atoms with Gasteiger partial charge in [0, 0.05) is 19.2 Å². The minimum atomic E-state index is -0.751. The van der Waals surface area contributed by atoms with Crippen molar-refractivity contribution in [2.75, 3.05) is 6.61 Å². The van der Waals surface area contributed by atoms with E-state index in [1.165, 1.54) is 10.8 Å². The molecule has 2 aromatic carbocycles. The third kappa shape index (κ3) is 5.92. The molecule has 3 unspecified atom stereocenters. The molecule has 2 heterocycles. The van der Waals surface area contributed by atoms with Gasteiger partial charge in [-0.1, -0.05) is 42.5 Å². The summed E-state index contributed by atoms with van der Waals surface area (Å²) < 4.78 is 19.1. The van der Waals surface area contributed by atoms with Gasteiger partial charge in [-0.2, -0.15) is 0 Å². The number of benzene rings is 2. The smallest absolute Gasteiger partial charge is 0.330 e. The Labute approximate surface area is 209 Å². The Morgan fingerprint density at radius 2 is 1.86 bits per heavy atom. The van der Waals surface area contributed by atoms with Crippen LogP contribution in [0, 0.1) is 0 Å². The number of carbonyl (C=O) groups is 1. The molecule has 1 saturated heterocycles. The molecule has 0 radical (unpaired) electrons. The second kappa shape index (κ2) is 11.2. The molecular weight excluding hydrogens is 462 g/mol. The molecule has 0 aliphatic carbocycles. The predicted octanol–water partition coefficient (Wildman–Crippen LogP) is 3.13. The molecule has 1 aliphatic rings. The van der Waals surface area contributed by atoms with Gasteiger partial charge in [0.05, 0.1) is 24.9 Å². The van der Waals surface area contributed by atoms with Crippen molar-refractivity contribution in [3.8, 4) is 0 Å². The van der Waals surface area contributed by atoms with E-state index < -0.39 is 23.4 Å². The zero-order valence-electron chi connectivity index (χ0n) is 21.0. The van der Waals surface area contributed by atoms with E-state index >= 15 is 0 Å². The van der Waals surface area contributed by atoms with Crippen molar-refractivity contribution in [2.45, 2.75) is 71.3 Å². The number of hydrogen-bond donors (Lipinski definition) is 2. The Morgan fingerprint density at radius 3 is 2.61 bits per heavy atom. The molecule has 192 valence electrons. The van der Waals surface area contributed by atoms with Crippen molar-refractivity contribution in [2.24, 2.45) is 0 Å². The Balaban J connectivity index is 1.53. The van der Waals surface area contributed by atoms with Crippen LogP contribution in [0.1, 0.15) is 56.3 Å². The quantitative estimate of drug-likeness (QED) is 0.472. The monoisotopic (exact) mass is 495 g/mol. The summed E-state index contributed by atoms with van der Waals surface area (Å²) >= 11 is 0. The van der Waals surface area contributed by atoms with Crippen LogP contribution in [-0.2, 0) is 20.8 Å². The van der Waals surface area contributed by atoms with Crippen LogP contribution < -0.4 is 16.6 Å². The first-order chi connectivity index (χ1) is 17.2. The second-order valence-corrected chi connectivity index (χ2v) is 9.50. The van der Waals surface area contributed by atoms with E-state index in [0.717, 1.165) is 16.3 Å². The molecule has 9 nitrogen and oxygen atoms in total. The summed E-state index contributed by atoms with van der Waals surface area (Å²) in [5, 5.41) is 4.88. The molecule has 3 aromatic rings. The van der Waals surface area contributed by atoms with Crippen LogP contribution in [0.3, 0.4) is 0 Å². The molecule has 4 rings (SSSR count). The lowest BCUT2D eigenvalue weighted by molar-refractivity contribution is -0.0963. The van der Waals surface area contributed by atoms with Gasteiger partial charge < -0.3 is 19.5 Å². The van der Waals surface area contributed by atoms with Gasteiger partial charge in [-0.3, -0.25) is 19.1 Å². The van der Waals surface area contributed by atoms with Crippen molar-refractivity contribution in [3.63, 3.8) is 0 Å². The summed E-state index contributed by atoms with van der Waals surface area (Å²) in [6.45, 7) is 8.26. The van der Waals surface area contributed by atoms with Crippen molar-refractivity contribution in [1.29, 1.82) is 0 Å². The molecule has 0 bridgehead atoms. The second-order valence-electron chi connectivity index (χ2n) is 9.50. The number of H-pyrrole nitrogens is 1. The van der Waals surface area contributed by atoms with Crippen LogP contribution in [0.15, 0.2) is 58.3 Å². The Kier molecular flexibility index (Phi) is 8.03. The zero-order valence-corrected chi connectivity index (χ0v) is 21.0. The highest BCUT2D eigenvalue weighted by Gasteiger charge is 2.38. The third-order valence-electron chi connectivity index (χ3n) is 6.06. The summed E-state index contributed by atoms with van der Waals surface area (Å²) in [5.41, 5.74) is -0.641. The summed E-state index contributed by atoms with van der Waals surface area (Å²) in [4.78, 5) is 40.4. The summed E-state index contributed by atoms with van der Waals surface area (Å²) in [6.07, 6.45) is 0.235. The SMILES string of the molecule is CC(C)OCC1OC(n2cc(C(=O)NCc3cccc4ccccc34)c(=O)[nH]c2=O)CC1OC(C)C. The number of nitrogens with zero attached hydrogens (tertiary/aromatic N) is 1. The lowest BCUT2D eigenvalue weighted by atomic mass is 10.0. The van der Waals surface area contributed by atoms with Gasteiger partial charge in [-0.05, 0) is 44.0 Å². The zero-order chi connectivity index (χ0) is 25.8. The fraction of sp³-hybridized carbons (Fsp3) is 0.444. The summed E-state index contributed by atoms with van der Waals surface area (Å²) in [6, 6.07) is 13.7. The van der Waals surface area contributed by atoms with Crippen molar-refractivity contribution < 1.29 is 19.0 Å². The van der Waals surface area contributed by atoms with Gasteiger partial charge in [-0.25, -0.2) is 4.79 Å². The number of aromatic amines is 1. The molecule has 2 N–H and O–H groups in total. The van der Waals surface area contributed by atoms with E-state index in [2.05, 4.69) is 10.3 Å². The molecule has 1 aromatic heterocycles. The summed E-state index contributed by atoms with van der Waals surface area (Å²) in [7, 11) is 0. The molecule has 1 amide bonds. The molecule has 1 aliphatic heterocycles. The van der Waals surface area contributed by atoms with Gasteiger partial charge in [0.2, 0.25) is 0 Å². The van der Waals surface area contributed by atoms with Crippen LogP contribution in [0.2, 0.25) is 0 Å². The average Bonchev–Trinajstić information content (AvgIpc) is 3.22. The average molecular weight is 496 g/mol. The van der Waals surface area contributed by atoms with Gasteiger partial charge in [0.25, 0.3) is 11.5 Å². The van der Waals surface area contributed by atoms with Gasteiger partial charge in [-0.15, -0.1) is 0 Å². The molecule has 3 atom stereocenters. The number of hydrogen-bond acceptors (Lipinski definition) is 6. The lowest BCUT2D eigenvalue weighted by Gasteiger charge is -2.21. The van der Waals surface area contributed by atoms with Gasteiger partial charge in [0.1, 0.15) is 17.9 Å². The number of nitrogens with one attached hydrogen (secondary N) is 2. The van der Waals surface area contributed by atoms with Crippen LogP contribution in [0.25, 0.3) is 10.8 Å². The fourth-order valence-electron chi connectivity index (χ4n) is 4.38. The largest absolute Gasteiger partial charge is 0.376 e. The predicted molar refractivity (Wildman–Crippen MR) is 136 cm³/mol. The number of fused-ring (bicyclic) bond motifs is 1. The Hall–Kier alpha value is -3.27. The first-order valence-corrected chi connectivity index (χ1v) is 12.3. The molecule has 0 spiro atoms. The van der Waals surface area contributed by atoms with E-state index in [-0.39, 0.29) is 36.5 Å². The molecule has 36 heavy (non-hydrogen) atoms. The first-order valence-electron chi connectivity index (χ1n) is 12.3. The number of rotatable bonds is 9. The maximum Gasteiger partial charge on any atom is 0.330 e.